The predicted octanol–water partition coefficient (Wildman–Crippen LogP) is 1.06. The number of allylic oxidation sites excluding steroid dienone is 5. The van der Waals surface area contributed by atoms with Gasteiger partial charge in [0.05, 0.1) is 17.3 Å². The van der Waals surface area contributed by atoms with Gasteiger partial charge in [-0.3, -0.25) is 0 Å². The summed E-state index contributed by atoms with van der Waals surface area (Å²) in [6.07, 6.45) is 3.61. The van der Waals surface area contributed by atoms with Crippen molar-refractivity contribution in [3.63, 3.8) is 0 Å². The summed E-state index contributed by atoms with van der Waals surface area (Å²) in [7, 11) is 0. The summed E-state index contributed by atoms with van der Waals surface area (Å²) in [6, 6.07) is -0.287. The van der Waals surface area contributed by atoms with Crippen LogP contribution in [0.2, 0.25) is 0 Å². The Morgan fingerprint density at radius 2 is 2.17 bits per heavy atom. The fraction of sp³-hybridized carbons (Fsp3) is 0.438. The van der Waals surface area contributed by atoms with Crippen molar-refractivity contribution in [2.45, 2.75) is 32.5 Å². The molecule has 0 spiro atoms. The summed E-state index contributed by atoms with van der Waals surface area (Å²) in [5, 5.41) is 33.1. The van der Waals surface area contributed by atoms with Crippen molar-refractivity contribution in [2.75, 3.05) is 0 Å². The second-order valence-electron chi connectivity index (χ2n) is 6.13. The SMILES string of the molecule is CC1=C(C(=O)O)C(C)C(/C=N/N=C2\C(O)NC3=CC=C(F)CC32)N1. The minimum absolute atomic E-state index is 0.145. The zero-order chi connectivity index (χ0) is 17.4. The Balaban J connectivity index is 1.73. The molecule has 128 valence electrons. The van der Waals surface area contributed by atoms with Gasteiger partial charge >= 0.3 is 5.97 Å². The number of rotatable bonds is 3. The molecule has 0 bridgehead atoms. The average Bonchev–Trinajstić information content (AvgIpc) is 2.96. The van der Waals surface area contributed by atoms with Crippen molar-refractivity contribution >= 4 is 17.9 Å². The number of halogens is 1. The Hall–Kier alpha value is -2.48. The number of nitrogens with zero attached hydrogens (tertiary/aromatic N) is 2. The molecule has 8 heteroatoms. The second kappa shape index (κ2) is 6.20. The maximum Gasteiger partial charge on any atom is 0.333 e. The number of hydrogen-bond donors (Lipinski definition) is 4. The molecule has 1 saturated heterocycles. The van der Waals surface area contributed by atoms with Crippen molar-refractivity contribution in [3.05, 3.63) is 34.9 Å². The largest absolute Gasteiger partial charge is 0.478 e. The molecule has 1 aliphatic carbocycles. The van der Waals surface area contributed by atoms with Gasteiger partial charge in [0.2, 0.25) is 0 Å². The first-order valence-electron chi connectivity index (χ1n) is 7.71. The minimum Gasteiger partial charge on any atom is -0.478 e. The van der Waals surface area contributed by atoms with Crippen molar-refractivity contribution < 1.29 is 19.4 Å². The van der Waals surface area contributed by atoms with Crippen LogP contribution in [-0.4, -0.2) is 40.4 Å². The molecule has 3 rings (SSSR count). The quantitative estimate of drug-likeness (QED) is 0.456. The fourth-order valence-electron chi connectivity index (χ4n) is 3.30. The number of aliphatic carboxylic acids is 1. The number of carbonyl (C=O) groups is 1. The van der Waals surface area contributed by atoms with E-state index in [1.54, 1.807) is 19.9 Å². The molecule has 3 aliphatic rings. The van der Waals surface area contributed by atoms with E-state index in [4.69, 9.17) is 0 Å². The third-order valence-corrected chi connectivity index (χ3v) is 4.57. The highest BCUT2D eigenvalue weighted by Gasteiger charge is 2.37. The van der Waals surface area contributed by atoms with Crippen LogP contribution in [0.15, 0.2) is 45.1 Å². The highest BCUT2D eigenvalue weighted by molar-refractivity contribution is 5.96. The molecule has 4 N–H and O–H groups in total. The first-order valence-corrected chi connectivity index (χ1v) is 7.71. The zero-order valence-corrected chi connectivity index (χ0v) is 13.3. The van der Waals surface area contributed by atoms with Gasteiger partial charge in [-0.1, -0.05) is 6.92 Å². The number of fused-ring (bicyclic) bond motifs is 1. The second-order valence-corrected chi connectivity index (χ2v) is 6.13. The van der Waals surface area contributed by atoms with E-state index >= 15 is 0 Å². The van der Waals surface area contributed by atoms with Gasteiger partial charge in [0.15, 0.2) is 6.23 Å². The van der Waals surface area contributed by atoms with E-state index in [0.29, 0.717) is 17.0 Å². The molecular weight excluding hydrogens is 315 g/mol. The van der Waals surface area contributed by atoms with E-state index in [0.717, 1.165) is 5.70 Å². The van der Waals surface area contributed by atoms with E-state index in [1.165, 1.54) is 12.3 Å². The number of carboxylic acid groups (broad SMARTS) is 1. The summed E-state index contributed by atoms with van der Waals surface area (Å²) < 4.78 is 13.4. The van der Waals surface area contributed by atoms with Crippen LogP contribution in [0.3, 0.4) is 0 Å². The number of carboxylic acids is 1. The van der Waals surface area contributed by atoms with Crippen LogP contribution in [0.25, 0.3) is 0 Å². The molecule has 4 unspecified atom stereocenters. The standard InChI is InChI=1S/C16H19FN4O3/c1-7-12(19-8(2)13(7)16(23)24)6-18-21-14-10-5-9(17)3-4-11(10)20-15(14)22/h3-4,6-7,10,12,15,19-20,22H,5H2,1-2H3,(H,23,24)/b18-6+,21-14-. The predicted molar refractivity (Wildman–Crippen MR) is 86.9 cm³/mol. The molecule has 0 radical (unpaired) electrons. The molecule has 0 saturated carbocycles. The van der Waals surface area contributed by atoms with Crippen molar-refractivity contribution in [2.24, 2.45) is 22.0 Å². The van der Waals surface area contributed by atoms with Crippen LogP contribution in [0, 0.1) is 11.8 Å². The molecule has 0 aromatic heterocycles. The summed E-state index contributed by atoms with van der Waals surface area (Å²) in [4.78, 5) is 11.2. The van der Waals surface area contributed by atoms with Gasteiger partial charge in [-0.25, -0.2) is 9.18 Å². The number of nitrogens with one attached hydrogen (secondary N) is 2. The lowest BCUT2D eigenvalue weighted by atomic mass is 9.94. The van der Waals surface area contributed by atoms with Gasteiger partial charge in [-0.2, -0.15) is 10.2 Å². The Bertz CT molecular complexity index is 723. The van der Waals surface area contributed by atoms with Crippen LogP contribution in [0.5, 0.6) is 0 Å². The maximum absolute atomic E-state index is 13.4. The molecule has 7 nitrogen and oxygen atoms in total. The first-order chi connectivity index (χ1) is 11.4. The van der Waals surface area contributed by atoms with E-state index in [2.05, 4.69) is 20.8 Å². The molecule has 0 amide bonds. The van der Waals surface area contributed by atoms with E-state index in [1.807, 2.05) is 0 Å². The Morgan fingerprint density at radius 1 is 1.42 bits per heavy atom. The van der Waals surface area contributed by atoms with Gasteiger partial charge in [-0.05, 0) is 19.1 Å². The van der Waals surface area contributed by atoms with Crippen LogP contribution in [0.1, 0.15) is 20.3 Å². The molecule has 0 aromatic rings. The number of hydrogen-bond acceptors (Lipinski definition) is 6. The fourth-order valence-corrected chi connectivity index (χ4v) is 3.30. The molecule has 1 fully saturated rings. The first kappa shape index (κ1) is 16.4. The van der Waals surface area contributed by atoms with Gasteiger partial charge in [-0.15, -0.1) is 0 Å². The van der Waals surface area contributed by atoms with E-state index < -0.39 is 12.2 Å². The zero-order valence-electron chi connectivity index (χ0n) is 13.3. The minimum atomic E-state index is -0.999. The molecular formula is C16H19FN4O3. The van der Waals surface area contributed by atoms with Crippen molar-refractivity contribution in [1.82, 2.24) is 10.6 Å². The smallest absolute Gasteiger partial charge is 0.333 e. The van der Waals surface area contributed by atoms with Crippen molar-refractivity contribution in [1.29, 1.82) is 0 Å². The van der Waals surface area contributed by atoms with Gasteiger partial charge in [0.25, 0.3) is 0 Å². The van der Waals surface area contributed by atoms with Crippen LogP contribution < -0.4 is 10.6 Å². The lowest BCUT2D eigenvalue weighted by molar-refractivity contribution is -0.133. The lowest BCUT2D eigenvalue weighted by Gasteiger charge is -2.13. The van der Waals surface area contributed by atoms with Crippen LogP contribution in [0.4, 0.5) is 4.39 Å². The monoisotopic (exact) mass is 334 g/mol. The lowest BCUT2D eigenvalue weighted by Crippen LogP contribution is -2.29. The van der Waals surface area contributed by atoms with Gasteiger partial charge in [0.1, 0.15) is 5.83 Å². The molecule has 0 aromatic carbocycles. The summed E-state index contributed by atoms with van der Waals surface area (Å²) in [5.74, 6) is -1.81. The maximum atomic E-state index is 13.4. The summed E-state index contributed by atoms with van der Waals surface area (Å²) in [5.41, 5.74) is 2.00. The highest BCUT2D eigenvalue weighted by atomic mass is 19.1. The number of aliphatic hydroxyl groups excluding tert-OH is 1. The summed E-state index contributed by atoms with van der Waals surface area (Å²) >= 11 is 0. The van der Waals surface area contributed by atoms with E-state index in [9.17, 15) is 19.4 Å². The van der Waals surface area contributed by atoms with E-state index in [-0.39, 0.29) is 30.1 Å². The van der Waals surface area contributed by atoms with Crippen molar-refractivity contribution in [3.8, 4) is 0 Å². The summed E-state index contributed by atoms with van der Waals surface area (Å²) in [6.45, 7) is 3.50. The Kier molecular flexibility index (Phi) is 4.23. The van der Waals surface area contributed by atoms with Crippen LogP contribution >= 0.6 is 0 Å². The van der Waals surface area contributed by atoms with Gasteiger partial charge < -0.3 is 20.8 Å². The topological polar surface area (TPSA) is 106 Å². The van der Waals surface area contributed by atoms with Gasteiger partial charge in [0, 0.05) is 35.9 Å². The normalized spacial score (nSPS) is 34.1. The molecule has 2 heterocycles. The Morgan fingerprint density at radius 3 is 2.83 bits per heavy atom. The molecule has 2 aliphatic heterocycles. The molecule has 4 atom stereocenters. The third-order valence-electron chi connectivity index (χ3n) is 4.57. The molecule has 24 heavy (non-hydrogen) atoms. The van der Waals surface area contributed by atoms with Crippen LogP contribution in [-0.2, 0) is 4.79 Å². The third kappa shape index (κ3) is 2.84. The highest BCUT2D eigenvalue weighted by Crippen LogP contribution is 2.31. The Labute approximate surface area is 138 Å². The average molecular weight is 334 g/mol. The number of aliphatic hydroxyl groups is 1.